The van der Waals surface area contributed by atoms with Gasteiger partial charge in [-0.3, -0.25) is 4.79 Å². The molecule has 8 heteroatoms. The number of alkyl halides is 3. The molecule has 3 atom stereocenters. The van der Waals surface area contributed by atoms with Gasteiger partial charge in [-0.1, -0.05) is 60.7 Å². The number of hydrogen-bond acceptors (Lipinski definition) is 4. The maximum atomic E-state index is 13.6. The molecule has 0 saturated carbocycles. The van der Waals surface area contributed by atoms with E-state index in [0.29, 0.717) is 0 Å². The lowest BCUT2D eigenvalue weighted by Crippen LogP contribution is -2.40. The second-order valence-corrected chi connectivity index (χ2v) is 8.45. The minimum atomic E-state index is -4.64. The fourth-order valence-corrected chi connectivity index (χ4v) is 4.06. The number of rotatable bonds is 6. The monoisotopic (exact) mass is 483 g/mol. The molecule has 1 aliphatic heterocycles. The summed E-state index contributed by atoms with van der Waals surface area (Å²) in [5, 5.41) is 0. The zero-order valence-corrected chi connectivity index (χ0v) is 19.2. The van der Waals surface area contributed by atoms with Gasteiger partial charge < -0.3 is 9.47 Å². The lowest BCUT2D eigenvalue weighted by molar-refractivity contribution is -0.138. The minimum absolute atomic E-state index is 0.0162. The van der Waals surface area contributed by atoms with Gasteiger partial charge >= 0.3 is 12.3 Å². The number of halogens is 3. The molecule has 182 valence electrons. The first-order valence-electron chi connectivity index (χ1n) is 11.1. The molecule has 0 spiro atoms. The van der Waals surface area contributed by atoms with Gasteiger partial charge in [0.1, 0.15) is 18.5 Å². The summed E-state index contributed by atoms with van der Waals surface area (Å²) in [4.78, 5) is 26.9. The van der Waals surface area contributed by atoms with Crippen LogP contribution in [0.5, 0.6) is 5.75 Å². The number of nitrogens with zero attached hydrogens (tertiary/aromatic N) is 1. The summed E-state index contributed by atoms with van der Waals surface area (Å²) in [6.45, 7) is 3.21. The standard InChI is InChI=1S/C27H24F3NO4/c1-17(25(32)31-18(2)24(35-26(31)33)20-11-7-4-8-12-20)21-13-22(27(28,29)30)15-23(14-21)34-16-19-9-5-3-6-10-19/h3-15,17-18,24H,16H2,1-2H3/t17-,18-,24-/m1/s1. The number of ether oxygens (including phenoxy) is 2. The molecule has 1 aliphatic rings. The molecule has 0 bridgehead atoms. The van der Waals surface area contributed by atoms with E-state index < -0.39 is 41.8 Å². The van der Waals surface area contributed by atoms with E-state index in [9.17, 15) is 22.8 Å². The molecule has 35 heavy (non-hydrogen) atoms. The third-order valence-electron chi connectivity index (χ3n) is 6.01. The van der Waals surface area contributed by atoms with E-state index in [1.807, 2.05) is 12.1 Å². The highest BCUT2D eigenvalue weighted by Gasteiger charge is 2.45. The Hall–Kier alpha value is -3.81. The largest absolute Gasteiger partial charge is 0.489 e. The van der Waals surface area contributed by atoms with Crippen LogP contribution in [0, 0.1) is 0 Å². The molecular weight excluding hydrogens is 459 g/mol. The Labute approximate surface area is 201 Å². The van der Waals surface area contributed by atoms with Crippen LogP contribution in [0.1, 0.15) is 48.1 Å². The van der Waals surface area contributed by atoms with Crippen LogP contribution >= 0.6 is 0 Å². The van der Waals surface area contributed by atoms with Crippen molar-refractivity contribution in [2.45, 2.75) is 44.7 Å². The molecular formula is C27H24F3NO4. The predicted molar refractivity (Wildman–Crippen MR) is 123 cm³/mol. The Bertz CT molecular complexity index is 1200. The highest BCUT2D eigenvalue weighted by atomic mass is 19.4. The summed E-state index contributed by atoms with van der Waals surface area (Å²) < 4.78 is 51.9. The van der Waals surface area contributed by atoms with Gasteiger partial charge in [0.25, 0.3) is 0 Å². The van der Waals surface area contributed by atoms with E-state index in [0.717, 1.165) is 28.2 Å². The normalized spacial score (nSPS) is 18.8. The van der Waals surface area contributed by atoms with Crippen LogP contribution in [0.2, 0.25) is 0 Å². The summed E-state index contributed by atoms with van der Waals surface area (Å²) in [6.07, 6.45) is -6.12. The van der Waals surface area contributed by atoms with Crippen LogP contribution in [0.25, 0.3) is 0 Å². The molecule has 0 N–H and O–H groups in total. The van der Waals surface area contributed by atoms with Gasteiger partial charge in [-0.2, -0.15) is 13.2 Å². The first-order valence-corrected chi connectivity index (χ1v) is 11.1. The molecule has 5 nitrogen and oxygen atoms in total. The molecule has 1 saturated heterocycles. The lowest BCUT2D eigenvalue weighted by atomic mass is 9.95. The molecule has 0 aliphatic carbocycles. The predicted octanol–water partition coefficient (Wildman–Crippen LogP) is 6.50. The smallest absolute Gasteiger partial charge is 0.417 e. The summed E-state index contributed by atoms with van der Waals surface area (Å²) in [5.41, 5.74) is 0.677. The van der Waals surface area contributed by atoms with Crippen LogP contribution < -0.4 is 4.74 Å². The lowest BCUT2D eigenvalue weighted by Gasteiger charge is -2.23. The number of hydrogen-bond donors (Lipinski definition) is 0. The van der Waals surface area contributed by atoms with Crippen LogP contribution in [0.4, 0.5) is 18.0 Å². The molecule has 0 unspecified atom stereocenters. The summed E-state index contributed by atoms with van der Waals surface area (Å²) in [6, 6.07) is 20.6. The highest BCUT2D eigenvalue weighted by molar-refractivity contribution is 5.97. The summed E-state index contributed by atoms with van der Waals surface area (Å²) >= 11 is 0. The van der Waals surface area contributed by atoms with Crippen LogP contribution in [-0.2, 0) is 22.3 Å². The van der Waals surface area contributed by atoms with Crippen molar-refractivity contribution in [1.82, 2.24) is 4.90 Å². The fraction of sp³-hybridized carbons (Fsp3) is 0.259. The maximum Gasteiger partial charge on any atom is 0.417 e. The van der Waals surface area contributed by atoms with Crippen molar-refractivity contribution in [2.75, 3.05) is 0 Å². The molecule has 3 aromatic rings. The van der Waals surface area contributed by atoms with Gasteiger partial charge in [-0.25, -0.2) is 9.69 Å². The number of benzene rings is 3. The summed E-state index contributed by atoms with van der Waals surface area (Å²) in [7, 11) is 0. The van der Waals surface area contributed by atoms with Crippen molar-refractivity contribution in [3.8, 4) is 5.75 Å². The first kappa shape index (κ1) is 24.3. The second kappa shape index (κ2) is 9.82. The molecule has 0 aromatic heterocycles. The molecule has 1 heterocycles. The fourth-order valence-electron chi connectivity index (χ4n) is 4.06. The Morgan fingerprint density at radius 3 is 2.29 bits per heavy atom. The Morgan fingerprint density at radius 2 is 1.66 bits per heavy atom. The SMILES string of the molecule is C[C@@H]1[C@H](c2ccccc2)OC(=O)N1C(=O)[C@H](C)c1cc(OCc2ccccc2)cc(C(F)(F)F)c1. The Balaban J connectivity index is 1.59. The van der Waals surface area contributed by atoms with Gasteiger partial charge in [0.05, 0.1) is 17.5 Å². The zero-order chi connectivity index (χ0) is 25.2. The number of amides is 2. The third kappa shape index (κ3) is 5.31. The molecule has 2 amide bonds. The van der Waals surface area contributed by atoms with E-state index in [-0.39, 0.29) is 17.9 Å². The Kier molecular flexibility index (Phi) is 6.82. The quantitative estimate of drug-likeness (QED) is 0.402. The maximum absolute atomic E-state index is 13.6. The van der Waals surface area contributed by atoms with Crippen LogP contribution in [0.3, 0.4) is 0 Å². The molecule has 4 rings (SSSR count). The average Bonchev–Trinajstić information content (AvgIpc) is 3.16. The van der Waals surface area contributed by atoms with Gasteiger partial charge in [-0.05, 0) is 48.7 Å². The van der Waals surface area contributed by atoms with Gasteiger partial charge in [0.2, 0.25) is 5.91 Å². The van der Waals surface area contributed by atoms with E-state index in [4.69, 9.17) is 9.47 Å². The highest BCUT2D eigenvalue weighted by Crippen LogP contribution is 2.37. The molecule has 0 radical (unpaired) electrons. The van der Waals surface area contributed by atoms with Gasteiger partial charge in [-0.15, -0.1) is 0 Å². The van der Waals surface area contributed by atoms with Gasteiger partial charge in [0, 0.05) is 0 Å². The topological polar surface area (TPSA) is 55.8 Å². The van der Waals surface area contributed by atoms with Crippen molar-refractivity contribution in [1.29, 1.82) is 0 Å². The minimum Gasteiger partial charge on any atom is -0.489 e. The number of carbonyl (C=O) groups excluding carboxylic acids is 2. The van der Waals surface area contributed by atoms with Crippen molar-refractivity contribution in [2.24, 2.45) is 0 Å². The van der Waals surface area contributed by atoms with E-state index >= 15 is 0 Å². The van der Waals surface area contributed by atoms with E-state index in [2.05, 4.69) is 0 Å². The van der Waals surface area contributed by atoms with Crippen molar-refractivity contribution < 1.29 is 32.2 Å². The van der Waals surface area contributed by atoms with Crippen molar-refractivity contribution in [3.05, 3.63) is 101 Å². The third-order valence-corrected chi connectivity index (χ3v) is 6.01. The first-order chi connectivity index (χ1) is 16.6. The molecule has 1 fully saturated rings. The number of cyclic esters (lactones) is 1. The Morgan fingerprint density at radius 1 is 1.03 bits per heavy atom. The van der Waals surface area contributed by atoms with E-state index in [1.54, 1.807) is 55.5 Å². The van der Waals surface area contributed by atoms with E-state index in [1.165, 1.54) is 13.0 Å². The van der Waals surface area contributed by atoms with Gasteiger partial charge in [0.15, 0.2) is 0 Å². The summed E-state index contributed by atoms with van der Waals surface area (Å²) in [5.74, 6) is -1.70. The van der Waals surface area contributed by atoms with Crippen molar-refractivity contribution in [3.63, 3.8) is 0 Å². The second-order valence-electron chi connectivity index (χ2n) is 8.45. The number of imide groups is 1. The average molecular weight is 483 g/mol. The van der Waals surface area contributed by atoms with Crippen LogP contribution in [-0.4, -0.2) is 22.9 Å². The molecule has 3 aromatic carbocycles. The van der Waals surface area contributed by atoms with Crippen molar-refractivity contribution >= 4 is 12.0 Å². The van der Waals surface area contributed by atoms with Crippen LogP contribution in [0.15, 0.2) is 78.9 Å². The number of carbonyl (C=O) groups is 2. The zero-order valence-electron chi connectivity index (χ0n) is 19.2.